The number of amides is 1. The standard InChI is InChI=1S/C19H20N2O4/c1-20-18(24)16-9-14(17(23)8-12-5-6-12)11-21(19(16)25)10-13-3-2-4-15(22)7-13/h2-4,7,9,11-12,22H,5-6,8,10H2,1H3,(H,20,24). The van der Waals surface area contributed by atoms with E-state index >= 15 is 0 Å². The fraction of sp³-hybridized carbons (Fsp3) is 0.316. The van der Waals surface area contributed by atoms with Crippen molar-refractivity contribution in [2.24, 2.45) is 5.92 Å². The van der Waals surface area contributed by atoms with Crippen molar-refractivity contribution in [2.45, 2.75) is 25.8 Å². The Balaban J connectivity index is 2.00. The zero-order chi connectivity index (χ0) is 18.0. The first kappa shape index (κ1) is 17.0. The second-order valence-corrected chi connectivity index (χ2v) is 6.40. The molecule has 0 bridgehead atoms. The Labute approximate surface area is 145 Å². The maximum atomic E-state index is 12.6. The van der Waals surface area contributed by atoms with Crippen LogP contribution in [-0.2, 0) is 6.54 Å². The molecule has 2 N–H and O–H groups in total. The number of phenols is 1. The van der Waals surface area contributed by atoms with Gasteiger partial charge in [-0.15, -0.1) is 0 Å². The van der Waals surface area contributed by atoms with Gasteiger partial charge >= 0.3 is 0 Å². The Morgan fingerprint density at radius 3 is 2.68 bits per heavy atom. The molecule has 1 heterocycles. The normalized spacial score (nSPS) is 13.5. The van der Waals surface area contributed by atoms with Gasteiger partial charge in [0, 0.05) is 25.2 Å². The van der Waals surface area contributed by atoms with Crippen LogP contribution in [0.5, 0.6) is 5.75 Å². The topological polar surface area (TPSA) is 88.4 Å². The molecule has 1 amide bonds. The molecule has 25 heavy (non-hydrogen) atoms. The highest BCUT2D eigenvalue weighted by Gasteiger charge is 2.26. The number of nitrogens with one attached hydrogen (secondary N) is 1. The number of hydrogen-bond acceptors (Lipinski definition) is 4. The van der Waals surface area contributed by atoms with Crippen molar-refractivity contribution in [1.29, 1.82) is 0 Å². The van der Waals surface area contributed by atoms with Crippen LogP contribution < -0.4 is 10.9 Å². The number of pyridine rings is 1. The Morgan fingerprint density at radius 1 is 1.28 bits per heavy atom. The van der Waals surface area contributed by atoms with Gasteiger partial charge in [-0.2, -0.15) is 0 Å². The van der Waals surface area contributed by atoms with Crippen LogP contribution in [0.3, 0.4) is 0 Å². The average Bonchev–Trinajstić information content (AvgIpc) is 3.40. The van der Waals surface area contributed by atoms with E-state index in [-0.39, 0.29) is 23.6 Å². The van der Waals surface area contributed by atoms with Crippen LogP contribution in [0.25, 0.3) is 0 Å². The van der Waals surface area contributed by atoms with Crippen molar-refractivity contribution in [3.8, 4) is 5.75 Å². The highest BCUT2D eigenvalue weighted by atomic mass is 16.3. The lowest BCUT2D eigenvalue weighted by Crippen LogP contribution is -2.32. The van der Waals surface area contributed by atoms with Crippen LogP contribution in [-0.4, -0.2) is 28.4 Å². The minimum absolute atomic E-state index is 0.0516. The van der Waals surface area contributed by atoms with E-state index in [9.17, 15) is 19.5 Å². The van der Waals surface area contributed by atoms with Gasteiger partial charge in [0.1, 0.15) is 11.3 Å². The number of carbonyl (C=O) groups is 2. The van der Waals surface area contributed by atoms with Crippen molar-refractivity contribution in [3.05, 3.63) is 63.6 Å². The van der Waals surface area contributed by atoms with Gasteiger partial charge in [0.15, 0.2) is 5.78 Å². The van der Waals surface area contributed by atoms with Crippen molar-refractivity contribution in [1.82, 2.24) is 9.88 Å². The molecule has 1 aliphatic carbocycles. The summed E-state index contributed by atoms with van der Waals surface area (Å²) >= 11 is 0. The van der Waals surface area contributed by atoms with Crippen molar-refractivity contribution in [2.75, 3.05) is 7.05 Å². The van der Waals surface area contributed by atoms with Gasteiger partial charge in [0.2, 0.25) is 0 Å². The van der Waals surface area contributed by atoms with Gasteiger partial charge in [-0.25, -0.2) is 0 Å². The number of aromatic hydroxyl groups is 1. The summed E-state index contributed by atoms with van der Waals surface area (Å²) in [4.78, 5) is 37.1. The van der Waals surface area contributed by atoms with E-state index < -0.39 is 11.5 Å². The SMILES string of the molecule is CNC(=O)c1cc(C(=O)CC2CC2)cn(Cc2cccc(O)c2)c1=O. The molecule has 1 saturated carbocycles. The first-order chi connectivity index (χ1) is 12.0. The molecule has 0 atom stereocenters. The van der Waals surface area contributed by atoms with Crippen LogP contribution in [0.4, 0.5) is 0 Å². The number of nitrogens with zero attached hydrogens (tertiary/aromatic N) is 1. The van der Waals surface area contributed by atoms with Crippen molar-refractivity contribution < 1.29 is 14.7 Å². The molecular weight excluding hydrogens is 320 g/mol. The average molecular weight is 340 g/mol. The molecule has 3 rings (SSSR count). The molecule has 130 valence electrons. The summed E-state index contributed by atoms with van der Waals surface area (Å²) in [7, 11) is 1.44. The monoisotopic (exact) mass is 340 g/mol. The fourth-order valence-electron chi connectivity index (χ4n) is 2.76. The molecule has 2 aromatic rings. The van der Waals surface area contributed by atoms with E-state index in [1.54, 1.807) is 18.2 Å². The lowest BCUT2D eigenvalue weighted by atomic mass is 10.0. The summed E-state index contributed by atoms with van der Waals surface area (Å²) in [6.45, 7) is 0.168. The van der Waals surface area contributed by atoms with E-state index in [0.717, 1.165) is 12.8 Å². The lowest BCUT2D eigenvalue weighted by Gasteiger charge is -2.11. The number of benzene rings is 1. The summed E-state index contributed by atoms with van der Waals surface area (Å²) in [6.07, 6.45) is 4.05. The van der Waals surface area contributed by atoms with Gasteiger partial charge in [0.05, 0.1) is 6.54 Å². The van der Waals surface area contributed by atoms with Gasteiger partial charge in [-0.05, 0) is 42.5 Å². The van der Waals surface area contributed by atoms with E-state index in [1.807, 2.05) is 0 Å². The molecule has 1 fully saturated rings. The Hall–Kier alpha value is -2.89. The molecule has 1 aromatic heterocycles. The number of phenolic OH excluding ortho intramolecular Hbond substituents is 1. The van der Waals surface area contributed by atoms with E-state index in [2.05, 4.69) is 5.32 Å². The van der Waals surface area contributed by atoms with Gasteiger partial charge in [-0.1, -0.05) is 12.1 Å². The molecule has 1 aliphatic rings. The number of rotatable bonds is 6. The van der Waals surface area contributed by atoms with Gasteiger partial charge in [0.25, 0.3) is 11.5 Å². The minimum Gasteiger partial charge on any atom is -0.508 e. The molecule has 0 radical (unpaired) electrons. The summed E-state index contributed by atoms with van der Waals surface area (Å²) in [5.74, 6) is -0.0616. The minimum atomic E-state index is -0.518. The van der Waals surface area contributed by atoms with Crippen LogP contribution in [0.2, 0.25) is 0 Å². The van der Waals surface area contributed by atoms with E-state index in [4.69, 9.17) is 0 Å². The summed E-state index contributed by atoms with van der Waals surface area (Å²) in [6, 6.07) is 7.91. The maximum absolute atomic E-state index is 12.6. The van der Waals surface area contributed by atoms with Crippen LogP contribution in [0, 0.1) is 5.92 Å². The molecule has 0 spiro atoms. The summed E-state index contributed by atoms with van der Waals surface area (Å²) in [5.41, 5.74) is 0.553. The largest absolute Gasteiger partial charge is 0.508 e. The predicted octanol–water partition coefficient (Wildman–Crippen LogP) is 1.94. The van der Waals surface area contributed by atoms with Crippen molar-refractivity contribution >= 4 is 11.7 Å². The van der Waals surface area contributed by atoms with Gasteiger partial charge < -0.3 is 15.0 Å². The van der Waals surface area contributed by atoms with E-state index in [0.29, 0.717) is 23.5 Å². The molecule has 0 unspecified atom stereocenters. The maximum Gasteiger partial charge on any atom is 0.263 e. The number of carbonyl (C=O) groups excluding carboxylic acids is 2. The highest BCUT2D eigenvalue weighted by Crippen LogP contribution is 2.33. The molecular formula is C19H20N2O4. The molecule has 0 saturated heterocycles. The number of aromatic nitrogens is 1. The van der Waals surface area contributed by atoms with Crippen LogP contribution in [0.15, 0.2) is 41.3 Å². The van der Waals surface area contributed by atoms with Gasteiger partial charge in [-0.3, -0.25) is 14.4 Å². The third-order valence-electron chi connectivity index (χ3n) is 4.31. The fourth-order valence-corrected chi connectivity index (χ4v) is 2.76. The first-order valence-electron chi connectivity index (χ1n) is 8.25. The smallest absolute Gasteiger partial charge is 0.263 e. The Morgan fingerprint density at radius 2 is 2.04 bits per heavy atom. The first-order valence-corrected chi connectivity index (χ1v) is 8.25. The quantitative estimate of drug-likeness (QED) is 0.787. The predicted molar refractivity (Wildman–Crippen MR) is 93.0 cm³/mol. The second kappa shape index (κ2) is 6.93. The highest BCUT2D eigenvalue weighted by molar-refractivity contribution is 6.00. The Bertz CT molecular complexity index is 881. The van der Waals surface area contributed by atoms with E-state index in [1.165, 1.54) is 29.9 Å². The third-order valence-corrected chi connectivity index (χ3v) is 4.31. The van der Waals surface area contributed by atoms with Crippen LogP contribution in [0.1, 0.15) is 45.5 Å². The summed E-state index contributed by atoms with van der Waals surface area (Å²) in [5, 5.41) is 12.0. The summed E-state index contributed by atoms with van der Waals surface area (Å²) < 4.78 is 1.35. The molecule has 0 aliphatic heterocycles. The Kier molecular flexibility index (Phi) is 4.70. The zero-order valence-corrected chi connectivity index (χ0v) is 14.0. The molecule has 6 nitrogen and oxygen atoms in total. The molecule has 6 heteroatoms. The number of ketones is 1. The number of hydrogen-bond donors (Lipinski definition) is 2. The molecule has 1 aromatic carbocycles. The lowest BCUT2D eigenvalue weighted by molar-refractivity contribution is 0.0961. The van der Waals surface area contributed by atoms with Crippen LogP contribution >= 0.6 is 0 Å². The second-order valence-electron chi connectivity index (χ2n) is 6.40. The number of Topliss-reactive ketones (excluding diaryl/α,β-unsaturated/α-hetero) is 1. The zero-order valence-electron chi connectivity index (χ0n) is 14.0. The van der Waals surface area contributed by atoms with Crippen molar-refractivity contribution in [3.63, 3.8) is 0 Å². The third kappa shape index (κ3) is 3.96.